The molecule has 0 amide bonds. The van der Waals surface area contributed by atoms with Crippen LogP contribution >= 0.6 is 0 Å². The molecule has 0 saturated carbocycles. The summed E-state index contributed by atoms with van der Waals surface area (Å²) in [5.74, 6) is 0.521. The highest BCUT2D eigenvalue weighted by Crippen LogP contribution is 2.18. The molecule has 0 saturated heterocycles. The van der Waals surface area contributed by atoms with Crippen LogP contribution in [0, 0.1) is 5.92 Å². The highest BCUT2D eigenvalue weighted by molar-refractivity contribution is 5.78. The van der Waals surface area contributed by atoms with E-state index < -0.39 is 5.60 Å². The van der Waals surface area contributed by atoms with Crippen molar-refractivity contribution in [2.45, 2.75) is 137 Å². The molecule has 4 heteroatoms. The highest BCUT2D eigenvalue weighted by atomic mass is 16.6. The first kappa shape index (κ1) is 28.4. The largest absolute Gasteiger partial charge is 0.461 e. The smallest absolute Gasteiger partial charge is 0.337 e. The molecule has 0 rings (SSSR count). The van der Waals surface area contributed by atoms with Crippen molar-refractivity contribution >= 4 is 5.97 Å². The first-order valence-electron chi connectivity index (χ1n) is 12.2. The van der Waals surface area contributed by atoms with Gasteiger partial charge in [-0.2, -0.15) is 0 Å². The van der Waals surface area contributed by atoms with E-state index in [1.807, 2.05) is 6.92 Å². The van der Waals surface area contributed by atoms with Crippen molar-refractivity contribution in [3.05, 3.63) is 0 Å². The average molecular weight is 415 g/mol. The van der Waals surface area contributed by atoms with E-state index >= 15 is 0 Å². The Morgan fingerprint density at radius 2 is 1.48 bits per heavy atom. The fraction of sp³-hybridized carbons (Fsp3) is 0.960. The molecular weight excluding hydrogens is 364 g/mol. The van der Waals surface area contributed by atoms with Crippen LogP contribution in [-0.4, -0.2) is 37.0 Å². The van der Waals surface area contributed by atoms with Gasteiger partial charge in [0.2, 0.25) is 0 Å². The molecule has 0 bridgehead atoms. The summed E-state index contributed by atoms with van der Waals surface area (Å²) < 4.78 is 17.2. The molecule has 4 nitrogen and oxygen atoms in total. The van der Waals surface area contributed by atoms with Crippen LogP contribution in [0.4, 0.5) is 0 Å². The zero-order valence-corrected chi connectivity index (χ0v) is 20.6. The Hall–Kier alpha value is -0.610. The van der Waals surface area contributed by atoms with Gasteiger partial charge in [-0.15, -0.1) is 0 Å². The molecule has 0 heterocycles. The fourth-order valence-electron chi connectivity index (χ4n) is 3.24. The van der Waals surface area contributed by atoms with E-state index in [0.717, 1.165) is 31.6 Å². The van der Waals surface area contributed by atoms with E-state index in [2.05, 4.69) is 27.7 Å². The molecule has 174 valence electrons. The second-order valence-electron chi connectivity index (χ2n) is 9.15. The van der Waals surface area contributed by atoms with Crippen LogP contribution in [0.3, 0.4) is 0 Å². The summed E-state index contributed by atoms with van der Waals surface area (Å²) in [5, 5.41) is 0. The SMILES string of the molecule is CCCCCCC(C)CCCCCOC(C)(C)C(=O)OCC(CC)OC(C)CC. The van der Waals surface area contributed by atoms with E-state index in [1.165, 1.54) is 44.9 Å². The molecule has 0 aromatic carbocycles. The van der Waals surface area contributed by atoms with Crippen molar-refractivity contribution in [3.8, 4) is 0 Å². The second kappa shape index (κ2) is 17.1. The van der Waals surface area contributed by atoms with Gasteiger partial charge in [-0.3, -0.25) is 0 Å². The van der Waals surface area contributed by atoms with Crippen LogP contribution in [0.15, 0.2) is 0 Å². The third-order valence-electron chi connectivity index (χ3n) is 5.70. The van der Waals surface area contributed by atoms with E-state index in [0.29, 0.717) is 13.2 Å². The fourth-order valence-corrected chi connectivity index (χ4v) is 3.24. The summed E-state index contributed by atoms with van der Waals surface area (Å²) in [6.45, 7) is 15.3. The minimum Gasteiger partial charge on any atom is -0.461 e. The van der Waals surface area contributed by atoms with Crippen molar-refractivity contribution < 1.29 is 19.0 Å². The Morgan fingerprint density at radius 1 is 0.862 bits per heavy atom. The Kier molecular flexibility index (Phi) is 16.7. The summed E-state index contributed by atoms with van der Waals surface area (Å²) in [4.78, 5) is 12.4. The van der Waals surface area contributed by atoms with Crippen LogP contribution in [-0.2, 0) is 19.0 Å². The van der Waals surface area contributed by atoms with Gasteiger partial charge in [-0.05, 0) is 46.0 Å². The number of carbonyl (C=O) groups excluding carboxylic acids is 1. The molecular formula is C25H50O4. The monoisotopic (exact) mass is 414 g/mol. The van der Waals surface area contributed by atoms with E-state index in [1.54, 1.807) is 13.8 Å². The van der Waals surface area contributed by atoms with Gasteiger partial charge in [0.05, 0.1) is 12.2 Å². The van der Waals surface area contributed by atoms with E-state index in [4.69, 9.17) is 14.2 Å². The number of esters is 1. The third kappa shape index (κ3) is 14.9. The molecule has 3 unspecified atom stereocenters. The molecule has 0 spiro atoms. The zero-order valence-electron chi connectivity index (χ0n) is 20.6. The minimum absolute atomic E-state index is 0.0475. The van der Waals surface area contributed by atoms with Gasteiger partial charge < -0.3 is 14.2 Å². The number of ether oxygens (including phenoxy) is 3. The van der Waals surface area contributed by atoms with Crippen molar-refractivity contribution in [1.29, 1.82) is 0 Å². The normalized spacial score (nSPS) is 15.1. The van der Waals surface area contributed by atoms with Gasteiger partial charge in [0.15, 0.2) is 5.60 Å². The molecule has 3 atom stereocenters. The van der Waals surface area contributed by atoms with Gasteiger partial charge in [0.25, 0.3) is 0 Å². The van der Waals surface area contributed by atoms with Crippen LogP contribution in [0.2, 0.25) is 0 Å². The standard InChI is InChI=1S/C25H50O4/c1-8-11-12-14-17-21(4)18-15-13-16-19-28-25(6,7)24(26)27-20-23(10-3)29-22(5)9-2/h21-23H,8-20H2,1-7H3. The molecule has 0 aromatic heterocycles. The number of carbonyl (C=O) groups is 1. The number of hydrogen-bond acceptors (Lipinski definition) is 4. The maximum Gasteiger partial charge on any atom is 0.337 e. The van der Waals surface area contributed by atoms with Crippen LogP contribution in [0.5, 0.6) is 0 Å². The van der Waals surface area contributed by atoms with Gasteiger partial charge >= 0.3 is 5.97 Å². The molecule has 0 fully saturated rings. The summed E-state index contributed by atoms with van der Waals surface area (Å²) in [6, 6.07) is 0. The van der Waals surface area contributed by atoms with Crippen molar-refractivity contribution in [1.82, 2.24) is 0 Å². The Morgan fingerprint density at radius 3 is 2.03 bits per heavy atom. The van der Waals surface area contributed by atoms with E-state index in [-0.39, 0.29) is 18.2 Å². The summed E-state index contributed by atoms with van der Waals surface area (Å²) >= 11 is 0. The first-order valence-corrected chi connectivity index (χ1v) is 12.2. The molecule has 0 N–H and O–H groups in total. The van der Waals surface area contributed by atoms with Gasteiger partial charge in [0.1, 0.15) is 6.61 Å². The van der Waals surface area contributed by atoms with Crippen molar-refractivity contribution in [2.24, 2.45) is 5.92 Å². The van der Waals surface area contributed by atoms with Crippen LogP contribution < -0.4 is 0 Å². The molecule has 0 aliphatic heterocycles. The average Bonchev–Trinajstić information content (AvgIpc) is 2.70. The summed E-state index contributed by atoms with van der Waals surface area (Å²) in [6.07, 6.45) is 13.4. The molecule has 0 radical (unpaired) electrons. The number of rotatable bonds is 19. The first-order chi connectivity index (χ1) is 13.8. The lowest BCUT2D eigenvalue weighted by Crippen LogP contribution is -2.39. The Bertz CT molecular complexity index is 394. The van der Waals surface area contributed by atoms with Crippen LogP contribution in [0.25, 0.3) is 0 Å². The zero-order chi connectivity index (χ0) is 22.1. The Labute approximate surface area is 181 Å². The minimum atomic E-state index is -0.902. The van der Waals surface area contributed by atoms with E-state index in [9.17, 15) is 4.79 Å². The van der Waals surface area contributed by atoms with Crippen molar-refractivity contribution in [2.75, 3.05) is 13.2 Å². The Balaban J connectivity index is 3.91. The molecule has 29 heavy (non-hydrogen) atoms. The topological polar surface area (TPSA) is 44.8 Å². The lowest BCUT2D eigenvalue weighted by Gasteiger charge is -2.26. The van der Waals surface area contributed by atoms with Crippen molar-refractivity contribution in [3.63, 3.8) is 0 Å². The summed E-state index contributed by atoms with van der Waals surface area (Å²) in [5.41, 5.74) is -0.902. The quantitative estimate of drug-likeness (QED) is 0.167. The molecule has 0 aliphatic carbocycles. The predicted octanol–water partition coefficient (Wildman–Crippen LogP) is 7.09. The number of unbranched alkanes of at least 4 members (excludes halogenated alkanes) is 5. The maximum atomic E-state index is 12.4. The summed E-state index contributed by atoms with van der Waals surface area (Å²) in [7, 11) is 0. The van der Waals surface area contributed by atoms with Crippen LogP contribution in [0.1, 0.15) is 119 Å². The second-order valence-corrected chi connectivity index (χ2v) is 9.15. The molecule has 0 aliphatic rings. The predicted molar refractivity (Wildman–Crippen MR) is 122 cm³/mol. The van der Waals surface area contributed by atoms with Gasteiger partial charge in [-0.1, -0.05) is 79.1 Å². The molecule has 0 aromatic rings. The lowest BCUT2D eigenvalue weighted by atomic mass is 9.97. The lowest BCUT2D eigenvalue weighted by molar-refractivity contribution is -0.173. The highest BCUT2D eigenvalue weighted by Gasteiger charge is 2.31. The number of hydrogen-bond donors (Lipinski definition) is 0. The van der Waals surface area contributed by atoms with Gasteiger partial charge in [0, 0.05) is 6.61 Å². The third-order valence-corrected chi connectivity index (χ3v) is 5.70. The maximum absolute atomic E-state index is 12.4. The van der Waals surface area contributed by atoms with Gasteiger partial charge in [-0.25, -0.2) is 4.79 Å².